The minimum atomic E-state index is -0.960. The van der Waals surface area contributed by atoms with E-state index in [1.54, 1.807) is 13.8 Å². The molecule has 3 rings (SSSR count). The fraction of sp³-hybridized carbons (Fsp3) is 0.588. The second-order valence-electron chi connectivity index (χ2n) is 6.64. The standard InChI is InChI=1S/C17H23NO6/c1-17(2)23-14-12(19)8-18(9-13(20)15(14)24-17)16(21)22-10-11-6-4-3-5-7-11/h3-7,12-15,19-20H,8-10H2,1-2H3/t12-,13-,14-,15+/m1/s1. The molecule has 4 atom stereocenters. The molecule has 2 fully saturated rings. The fourth-order valence-electron chi connectivity index (χ4n) is 3.11. The molecule has 2 saturated heterocycles. The maximum atomic E-state index is 12.3. The molecule has 2 heterocycles. The van der Waals surface area contributed by atoms with Crippen LogP contribution < -0.4 is 0 Å². The summed E-state index contributed by atoms with van der Waals surface area (Å²) >= 11 is 0. The van der Waals surface area contributed by atoms with Crippen LogP contribution in [-0.2, 0) is 20.8 Å². The van der Waals surface area contributed by atoms with Gasteiger partial charge in [0, 0.05) is 0 Å². The molecular weight excluding hydrogens is 314 g/mol. The van der Waals surface area contributed by atoms with E-state index >= 15 is 0 Å². The van der Waals surface area contributed by atoms with Gasteiger partial charge in [0.15, 0.2) is 5.79 Å². The van der Waals surface area contributed by atoms with Crippen LogP contribution >= 0.6 is 0 Å². The van der Waals surface area contributed by atoms with Gasteiger partial charge < -0.3 is 29.3 Å². The number of likely N-dealkylation sites (tertiary alicyclic amines) is 1. The Morgan fingerprint density at radius 2 is 1.71 bits per heavy atom. The highest BCUT2D eigenvalue weighted by Crippen LogP contribution is 2.34. The Kier molecular flexibility index (Phi) is 4.78. The predicted octanol–water partition coefficient (Wildman–Crippen LogP) is 0.881. The number of benzene rings is 1. The summed E-state index contributed by atoms with van der Waals surface area (Å²) < 4.78 is 16.6. The van der Waals surface area contributed by atoms with E-state index in [0.29, 0.717) is 0 Å². The minimum Gasteiger partial charge on any atom is -0.445 e. The molecule has 0 radical (unpaired) electrons. The number of hydrogen-bond donors (Lipinski definition) is 2. The molecule has 7 heteroatoms. The summed E-state index contributed by atoms with van der Waals surface area (Å²) in [4.78, 5) is 13.6. The first-order chi connectivity index (χ1) is 11.4. The molecule has 2 aliphatic rings. The van der Waals surface area contributed by atoms with Gasteiger partial charge in [-0.15, -0.1) is 0 Å². The van der Waals surface area contributed by atoms with Crippen molar-refractivity contribution in [1.82, 2.24) is 4.90 Å². The van der Waals surface area contributed by atoms with Crippen molar-refractivity contribution in [3.63, 3.8) is 0 Å². The van der Waals surface area contributed by atoms with E-state index < -0.39 is 36.3 Å². The Balaban J connectivity index is 1.62. The van der Waals surface area contributed by atoms with Gasteiger partial charge in [0.2, 0.25) is 0 Å². The lowest BCUT2D eigenvalue weighted by Crippen LogP contribution is -2.42. The van der Waals surface area contributed by atoms with E-state index in [9.17, 15) is 15.0 Å². The van der Waals surface area contributed by atoms with Gasteiger partial charge in [-0.2, -0.15) is 0 Å². The van der Waals surface area contributed by atoms with Gasteiger partial charge >= 0.3 is 6.09 Å². The van der Waals surface area contributed by atoms with Gasteiger partial charge in [-0.25, -0.2) is 4.79 Å². The smallest absolute Gasteiger partial charge is 0.410 e. The number of aliphatic hydroxyl groups excluding tert-OH is 2. The van der Waals surface area contributed by atoms with Crippen molar-refractivity contribution in [3.8, 4) is 0 Å². The molecule has 2 N–H and O–H groups in total. The summed E-state index contributed by atoms with van der Waals surface area (Å²) in [6, 6.07) is 9.31. The van der Waals surface area contributed by atoms with Crippen LogP contribution in [0.25, 0.3) is 0 Å². The number of aliphatic hydroxyl groups is 2. The van der Waals surface area contributed by atoms with Gasteiger partial charge in [0.25, 0.3) is 0 Å². The molecule has 7 nitrogen and oxygen atoms in total. The summed E-state index contributed by atoms with van der Waals surface area (Å²) in [6.45, 7) is 3.63. The second-order valence-corrected chi connectivity index (χ2v) is 6.64. The third-order valence-corrected chi connectivity index (χ3v) is 4.20. The number of carbonyl (C=O) groups is 1. The highest BCUT2D eigenvalue weighted by Gasteiger charge is 2.50. The van der Waals surface area contributed by atoms with Crippen molar-refractivity contribution >= 4 is 6.09 Å². The van der Waals surface area contributed by atoms with E-state index in [4.69, 9.17) is 14.2 Å². The molecule has 0 aliphatic carbocycles. The number of β-amino-alcohol motifs (C(OH)–C–C–N with tert-alkyl or cyclic N) is 2. The molecular formula is C17H23NO6. The Morgan fingerprint density at radius 3 is 2.25 bits per heavy atom. The zero-order valence-electron chi connectivity index (χ0n) is 13.8. The van der Waals surface area contributed by atoms with Gasteiger partial charge in [-0.1, -0.05) is 30.3 Å². The van der Waals surface area contributed by atoms with Crippen LogP contribution in [0.2, 0.25) is 0 Å². The van der Waals surface area contributed by atoms with Gasteiger partial charge in [-0.05, 0) is 19.4 Å². The van der Waals surface area contributed by atoms with Crippen molar-refractivity contribution in [1.29, 1.82) is 0 Å². The molecule has 1 aromatic rings. The highest BCUT2D eigenvalue weighted by molar-refractivity contribution is 5.67. The molecule has 0 saturated carbocycles. The fourth-order valence-corrected chi connectivity index (χ4v) is 3.11. The van der Waals surface area contributed by atoms with E-state index in [1.165, 1.54) is 4.90 Å². The summed E-state index contributed by atoms with van der Waals surface area (Å²) in [7, 11) is 0. The molecule has 1 aromatic carbocycles. The molecule has 1 amide bonds. The maximum absolute atomic E-state index is 12.3. The number of carbonyl (C=O) groups excluding carboxylic acids is 1. The van der Waals surface area contributed by atoms with Crippen LogP contribution in [0.4, 0.5) is 4.79 Å². The molecule has 0 unspecified atom stereocenters. The topological polar surface area (TPSA) is 88.5 Å². The molecule has 132 valence electrons. The lowest BCUT2D eigenvalue weighted by molar-refractivity contribution is -0.165. The lowest BCUT2D eigenvalue weighted by Gasteiger charge is -2.26. The second kappa shape index (κ2) is 6.68. The summed E-state index contributed by atoms with van der Waals surface area (Å²) in [5.74, 6) is -0.868. The van der Waals surface area contributed by atoms with E-state index in [2.05, 4.69) is 0 Å². The predicted molar refractivity (Wildman–Crippen MR) is 84.0 cm³/mol. The maximum Gasteiger partial charge on any atom is 0.410 e. The van der Waals surface area contributed by atoms with E-state index in [1.807, 2.05) is 30.3 Å². The van der Waals surface area contributed by atoms with Crippen LogP contribution in [-0.4, -0.2) is 64.5 Å². The van der Waals surface area contributed by atoms with Gasteiger partial charge in [0.1, 0.15) is 31.0 Å². The molecule has 0 aromatic heterocycles. The first-order valence-corrected chi connectivity index (χ1v) is 8.03. The number of rotatable bonds is 2. The first kappa shape index (κ1) is 17.2. The summed E-state index contributed by atoms with van der Waals surface area (Å²) in [5.41, 5.74) is 0.868. The summed E-state index contributed by atoms with van der Waals surface area (Å²) in [5, 5.41) is 20.7. The molecule has 24 heavy (non-hydrogen) atoms. The Labute approximate surface area is 140 Å². The molecule has 0 bridgehead atoms. The van der Waals surface area contributed by atoms with Crippen molar-refractivity contribution in [2.75, 3.05) is 13.1 Å². The van der Waals surface area contributed by atoms with Crippen LogP contribution in [0, 0.1) is 0 Å². The zero-order chi connectivity index (χ0) is 17.3. The van der Waals surface area contributed by atoms with E-state index in [0.717, 1.165) is 5.56 Å². The lowest BCUT2D eigenvalue weighted by atomic mass is 10.1. The van der Waals surface area contributed by atoms with Crippen molar-refractivity contribution in [2.45, 2.75) is 50.7 Å². The van der Waals surface area contributed by atoms with Crippen LogP contribution in [0.3, 0.4) is 0 Å². The van der Waals surface area contributed by atoms with Crippen molar-refractivity contribution in [2.24, 2.45) is 0 Å². The van der Waals surface area contributed by atoms with Crippen LogP contribution in [0.5, 0.6) is 0 Å². The first-order valence-electron chi connectivity index (χ1n) is 8.03. The zero-order valence-corrected chi connectivity index (χ0v) is 13.8. The quantitative estimate of drug-likeness (QED) is 0.833. The Bertz CT molecular complexity index is 556. The monoisotopic (exact) mass is 337 g/mol. The van der Waals surface area contributed by atoms with E-state index in [-0.39, 0.29) is 19.7 Å². The highest BCUT2D eigenvalue weighted by atomic mass is 16.8. The third-order valence-electron chi connectivity index (χ3n) is 4.20. The average molecular weight is 337 g/mol. The normalized spacial score (nSPS) is 32.1. The molecule has 2 aliphatic heterocycles. The SMILES string of the molecule is CC1(C)O[C@@H]2[C@H](O1)[C@H](O)CN(C(=O)OCc1ccccc1)C[C@H]2O. The summed E-state index contributed by atoms with van der Waals surface area (Å²) in [6.07, 6.45) is -3.86. The third kappa shape index (κ3) is 3.70. The van der Waals surface area contributed by atoms with Crippen molar-refractivity contribution < 1.29 is 29.2 Å². The number of nitrogens with zero attached hydrogens (tertiary/aromatic N) is 1. The van der Waals surface area contributed by atoms with Crippen LogP contribution in [0.1, 0.15) is 19.4 Å². The van der Waals surface area contributed by atoms with Crippen LogP contribution in [0.15, 0.2) is 30.3 Å². The van der Waals surface area contributed by atoms with Gasteiger partial charge in [-0.3, -0.25) is 0 Å². The number of amides is 1. The minimum absolute atomic E-state index is 0.0191. The average Bonchev–Trinajstić information content (AvgIpc) is 2.83. The van der Waals surface area contributed by atoms with Gasteiger partial charge in [0.05, 0.1) is 13.1 Å². The Morgan fingerprint density at radius 1 is 1.17 bits per heavy atom. The Hall–Kier alpha value is -1.67. The number of hydrogen-bond acceptors (Lipinski definition) is 6. The molecule has 0 spiro atoms. The largest absolute Gasteiger partial charge is 0.445 e. The van der Waals surface area contributed by atoms with Crippen molar-refractivity contribution in [3.05, 3.63) is 35.9 Å². The number of fused-ring (bicyclic) bond motifs is 1. The number of ether oxygens (including phenoxy) is 3.